The zero-order valence-electron chi connectivity index (χ0n) is 9.83. The Labute approximate surface area is 92.3 Å². The van der Waals surface area contributed by atoms with Crippen LogP contribution in [0.4, 0.5) is 0 Å². The number of fused-ring (bicyclic) bond motifs is 2. The minimum Gasteiger partial charge on any atom is -0.390 e. The second-order valence-corrected chi connectivity index (χ2v) is 5.41. The van der Waals surface area contributed by atoms with E-state index < -0.39 is 5.60 Å². The van der Waals surface area contributed by atoms with Crippen LogP contribution in [-0.4, -0.2) is 22.9 Å². The summed E-state index contributed by atoms with van der Waals surface area (Å²) in [5, 5.41) is 10.5. The zero-order valence-corrected chi connectivity index (χ0v) is 9.83. The van der Waals surface area contributed by atoms with Crippen LogP contribution in [0.5, 0.6) is 0 Å². The summed E-state index contributed by atoms with van der Waals surface area (Å²) in [4.78, 5) is 0. The van der Waals surface area contributed by atoms with Crippen LogP contribution in [0.1, 0.15) is 52.4 Å². The van der Waals surface area contributed by atoms with Gasteiger partial charge in [-0.3, -0.25) is 0 Å². The normalized spacial score (nSPS) is 39.1. The highest BCUT2D eigenvalue weighted by molar-refractivity contribution is 4.98. The van der Waals surface area contributed by atoms with Gasteiger partial charge in [-0.15, -0.1) is 0 Å². The van der Waals surface area contributed by atoms with Crippen molar-refractivity contribution in [2.24, 2.45) is 0 Å². The Bertz CT molecular complexity index is 241. The fourth-order valence-electron chi connectivity index (χ4n) is 2.84. The first-order chi connectivity index (χ1) is 7.07. The Kier molecular flexibility index (Phi) is 3.17. The van der Waals surface area contributed by atoms with Gasteiger partial charge in [-0.05, 0) is 39.5 Å². The van der Waals surface area contributed by atoms with Crippen molar-refractivity contribution in [3.05, 3.63) is 11.6 Å². The molecule has 0 aliphatic carbocycles. The summed E-state index contributed by atoms with van der Waals surface area (Å²) in [7, 11) is 0. The predicted molar refractivity (Wildman–Crippen MR) is 60.7 cm³/mol. The summed E-state index contributed by atoms with van der Waals surface area (Å²) in [6.45, 7) is 4.22. The molecule has 0 radical (unpaired) electrons. The van der Waals surface area contributed by atoms with Gasteiger partial charge in [0, 0.05) is 12.8 Å². The predicted octanol–water partition coefficient (Wildman–Crippen LogP) is 2.81. The molecule has 2 atom stereocenters. The largest absolute Gasteiger partial charge is 0.390 e. The molecule has 0 spiro atoms. The molecule has 0 amide bonds. The van der Waals surface area contributed by atoms with Crippen molar-refractivity contribution in [1.82, 2.24) is 0 Å². The Morgan fingerprint density at radius 2 is 1.93 bits per heavy atom. The zero-order chi connectivity index (χ0) is 10.9. The quantitative estimate of drug-likeness (QED) is 0.726. The third-order valence-corrected chi connectivity index (χ3v) is 3.57. The molecule has 2 heterocycles. The molecule has 0 aromatic carbocycles. The summed E-state index contributed by atoms with van der Waals surface area (Å²) in [5.74, 6) is 0. The van der Waals surface area contributed by atoms with E-state index in [-0.39, 0.29) is 0 Å². The monoisotopic (exact) mass is 210 g/mol. The molecule has 0 aromatic rings. The molecular weight excluding hydrogens is 188 g/mol. The molecule has 2 nitrogen and oxygen atoms in total. The molecule has 2 aliphatic rings. The Morgan fingerprint density at radius 3 is 2.47 bits per heavy atom. The van der Waals surface area contributed by atoms with E-state index in [1.165, 1.54) is 5.57 Å². The third kappa shape index (κ3) is 2.82. The van der Waals surface area contributed by atoms with Crippen LogP contribution in [0.3, 0.4) is 0 Å². The van der Waals surface area contributed by atoms with Crippen LogP contribution in [-0.2, 0) is 4.74 Å². The van der Waals surface area contributed by atoms with Crippen LogP contribution in [0, 0.1) is 0 Å². The lowest BCUT2D eigenvalue weighted by atomic mass is 9.86. The van der Waals surface area contributed by atoms with E-state index in [0.29, 0.717) is 12.2 Å². The van der Waals surface area contributed by atoms with Gasteiger partial charge < -0.3 is 9.84 Å². The summed E-state index contributed by atoms with van der Waals surface area (Å²) in [5.41, 5.74) is 0.893. The second-order valence-electron chi connectivity index (χ2n) is 5.41. The van der Waals surface area contributed by atoms with E-state index >= 15 is 0 Å². The molecule has 2 fully saturated rings. The molecule has 1 N–H and O–H groups in total. The van der Waals surface area contributed by atoms with Gasteiger partial charge in [-0.2, -0.15) is 0 Å². The number of aliphatic hydroxyl groups is 1. The van der Waals surface area contributed by atoms with Crippen LogP contribution in [0.15, 0.2) is 11.6 Å². The molecule has 2 rings (SSSR count). The van der Waals surface area contributed by atoms with Crippen LogP contribution in [0.2, 0.25) is 0 Å². The summed E-state index contributed by atoms with van der Waals surface area (Å²) < 4.78 is 5.74. The van der Waals surface area contributed by atoms with E-state index in [2.05, 4.69) is 19.9 Å². The van der Waals surface area contributed by atoms with Gasteiger partial charge in [0.1, 0.15) is 0 Å². The Morgan fingerprint density at radius 1 is 1.33 bits per heavy atom. The number of allylic oxidation sites excluding steroid dienone is 2. The fourth-order valence-corrected chi connectivity index (χ4v) is 2.84. The third-order valence-electron chi connectivity index (χ3n) is 3.57. The minimum absolute atomic E-state index is 0.334. The van der Waals surface area contributed by atoms with Gasteiger partial charge in [-0.25, -0.2) is 0 Å². The van der Waals surface area contributed by atoms with Crippen molar-refractivity contribution in [2.75, 3.05) is 0 Å². The Hall–Kier alpha value is -0.340. The van der Waals surface area contributed by atoms with Crippen LogP contribution < -0.4 is 0 Å². The van der Waals surface area contributed by atoms with E-state index in [0.717, 1.165) is 38.5 Å². The Balaban J connectivity index is 1.87. The van der Waals surface area contributed by atoms with Gasteiger partial charge in [0.25, 0.3) is 0 Å². The van der Waals surface area contributed by atoms with E-state index in [1.54, 1.807) is 0 Å². The van der Waals surface area contributed by atoms with Crippen molar-refractivity contribution in [2.45, 2.75) is 70.2 Å². The molecule has 0 aromatic heterocycles. The fraction of sp³-hybridized carbons (Fsp3) is 0.846. The maximum absolute atomic E-state index is 10.5. The molecule has 2 aliphatic heterocycles. The van der Waals surface area contributed by atoms with Crippen molar-refractivity contribution >= 4 is 0 Å². The highest BCUT2D eigenvalue weighted by atomic mass is 16.5. The maximum atomic E-state index is 10.5. The van der Waals surface area contributed by atoms with E-state index in [1.807, 2.05) is 0 Å². The molecule has 86 valence electrons. The standard InChI is InChI=1S/C13H22O2/c1-10(2)4-3-7-13(14)8-11-5-6-12(9-13)15-11/h4,11-12,14H,3,5-9H2,1-2H3. The number of hydrogen-bond donors (Lipinski definition) is 1. The number of rotatable bonds is 3. The molecule has 15 heavy (non-hydrogen) atoms. The SMILES string of the molecule is CC(C)=CCCC1(O)CC2CCC(C1)O2. The lowest BCUT2D eigenvalue weighted by Crippen LogP contribution is -2.40. The number of ether oxygens (including phenoxy) is 1. The van der Waals surface area contributed by atoms with E-state index in [4.69, 9.17) is 4.74 Å². The lowest BCUT2D eigenvalue weighted by Gasteiger charge is -2.36. The van der Waals surface area contributed by atoms with Gasteiger partial charge in [0.15, 0.2) is 0 Å². The summed E-state index contributed by atoms with van der Waals surface area (Å²) in [6, 6.07) is 0. The second kappa shape index (κ2) is 4.26. The van der Waals surface area contributed by atoms with Gasteiger partial charge in [0.2, 0.25) is 0 Å². The number of hydrogen-bond acceptors (Lipinski definition) is 2. The highest BCUT2D eigenvalue weighted by Crippen LogP contribution is 2.40. The summed E-state index contributed by atoms with van der Waals surface area (Å²) in [6.07, 6.45) is 8.77. The lowest BCUT2D eigenvalue weighted by molar-refractivity contribution is -0.113. The van der Waals surface area contributed by atoms with Crippen LogP contribution >= 0.6 is 0 Å². The van der Waals surface area contributed by atoms with Gasteiger partial charge in [0.05, 0.1) is 17.8 Å². The molecule has 2 saturated heterocycles. The summed E-state index contributed by atoms with van der Waals surface area (Å²) >= 11 is 0. The molecule has 2 heteroatoms. The first kappa shape index (κ1) is 11.2. The van der Waals surface area contributed by atoms with Crippen molar-refractivity contribution < 1.29 is 9.84 Å². The van der Waals surface area contributed by atoms with E-state index in [9.17, 15) is 5.11 Å². The molecule has 2 bridgehead atoms. The first-order valence-electron chi connectivity index (χ1n) is 6.09. The highest BCUT2D eigenvalue weighted by Gasteiger charge is 2.42. The average molecular weight is 210 g/mol. The first-order valence-corrected chi connectivity index (χ1v) is 6.09. The van der Waals surface area contributed by atoms with Crippen molar-refractivity contribution in [3.8, 4) is 0 Å². The molecule has 0 saturated carbocycles. The maximum Gasteiger partial charge on any atom is 0.0700 e. The smallest absolute Gasteiger partial charge is 0.0700 e. The molecule has 2 unspecified atom stereocenters. The van der Waals surface area contributed by atoms with Gasteiger partial charge >= 0.3 is 0 Å². The minimum atomic E-state index is -0.448. The van der Waals surface area contributed by atoms with Gasteiger partial charge in [-0.1, -0.05) is 11.6 Å². The molecular formula is C13H22O2. The van der Waals surface area contributed by atoms with Crippen molar-refractivity contribution in [3.63, 3.8) is 0 Å². The van der Waals surface area contributed by atoms with Crippen LogP contribution in [0.25, 0.3) is 0 Å². The van der Waals surface area contributed by atoms with Crippen molar-refractivity contribution in [1.29, 1.82) is 0 Å². The average Bonchev–Trinajstić information content (AvgIpc) is 2.45. The topological polar surface area (TPSA) is 29.5 Å².